The van der Waals surface area contributed by atoms with Gasteiger partial charge in [0.05, 0.1) is 37.0 Å². The zero-order chi connectivity index (χ0) is 49.8. The van der Waals surface area contributed by atoms with E-state index in [2.05, 4.69) is 27.7 Å². The van der Waals surface area contributed by atoms with Crippen LogP contribution in [0.1, 0.15) is 131 Å². The first-order chi connectivity index (χ1) is 34.0. The lowest BCUT2D eigenvalue weighted by atomic mass is 10.0. The third-order valence-corrected chi connectivity index (χ3v) is 11.9. The average molecular weight is 949 g/mol. The second-order valence-electron chi connectivity index (χ2n) is 16.8. The standard InChI is InChI=1S/C58H60O12/c1-6-10-12-39(8-3)37-65-50-30-32-52(45(34-50)36-59)57(62)69-48-26-18-43(19-27-48)55(60)67-46-22-14-41(15-23-46)42-16-24-47(25-17-42)68-56(61)44-20-28-49(29-21-44)70-58(63)53-33-31-51(35-54(53)64-5)66-38-40(9-4)13-11-7-2/h14-36,39-40H,6-13,37-38H2,1-5H3. The second-order valence-corrected chi connectivity index (χ2v) is 16.8. The summed E-state index contributed by atoms with van der Waals surface area (Å²) >= 11 is 0. The van der Waals surface area contributed by atoms with Gasteiger partial charge in [0.2, 0.25) is 0 Å². The minimum Gasteiger partial charge on any atom is -0.496 e. The van der Waals surface area contributed by atoms with Gasteiger partial charge in [-0.05, 0) is 139 Å². The number of hydrogen-bond acceptors (Lipinski definition) is 12. The van der Waals surface area contributed by atoms with E-state index >= 15 is 0 Å². The topological polar surface area (TPSA) is 150 Å². The predicted molar refractivity (Wildman–Crippen MR) is 267 cm³/mol. The van der Waals surface area contributed by atoms with Gasteiger partial charge in [0.25, 0.3) is 0 Å². The van der Waals surface area contributed by atoms with E-state index in [1.54, 1.807) is 72.8 Å². The molecular formula is C58H60O12. The van der Waals surface area contributed by atoms with Crippen LogP contribution in [0.5, 0.6) is 40.2 Å². The zero-order valence-corrected chi connectivity index (χ0v) is 40.4. The molecule has 0 aromatic heterocycles. The number of rotatable bonds is 25. The van der Waals surface area contributed by atoms with Crippen LogP contribution in [0.2, 0.25) is 0 Å². The van der Waals surface area contributed by atoms with Crippen molar-refractivity contribution in [1.29, 1.82) is 0 Å². The molecule has 0 aliphatic carbocycles. The maximum Gasteiger partial charge on any atom is 0.347 e. The molecule has 2 atom stereocenters. The minimum atomic E-state index is -0.720. The average Bonchev–Trinajstić information content (AvgIpc) is 3.39. The highest BCUT2D eigenvalue weighted by Crippen LogP contribution is 2.29. The normalized spacial score (nSPS) is 11.7. The molecule has 0 spiro atoms. The highest BCUT2D eigenvalue weighted by molar-refractivity contribution is 6.00. The lowest BCUT2D eigenvalue weighted by Crippen LogP contribution is -2.13. The molecule has 0 heterocycles. The Morgan fingerprint density at radius 2 is 0.829 bits per heavy atom. The van der Waals surface area contributed by atoms with Gasteiger partial charge in [0, 0.05) is 11.6 Å². The van der Waals surface area contributed by atoms with Gasteiger partial charge in [0.1, 0.15) is 45.8 Å². The molecule has 0 bridgehead atoms. The first kappa shape index (κ1) is 51.7. The first-order valence-corrected chi connectivity index (χ1v) is 23.9. The van der Waals surface area contributed by atoms with E-state index in [1.807, 2.05) is 0 Å². The molecule has 0 saturated carbocycles. The monoisotopic (exact) mass is 948 g/mol. The van der Waals surface area contributed by atoms with Crippen molar-refractivity contribution in [1.82, 2.24) is 0 Å². The van der Waals surface area contributed by atoms with Gasteiger partial charge >= 0.3 is 23.9 Å². The van der Waals surface area contributed by atoms with Gasteiger partial charge in [-0.3, -0.25) is 4.79 Å². The summed E-state index contributed by atoms with van der Waals surface area (Å²) in [6.45, 7) is 9.73. The highest BCUT2D eigenvalue weighted by atomic mass is 16.6. The van der Waals surface area contributed by atoms with Crippen molar-refractivity contribution < 1.29 is 57.1 Å². The Kier molecular flexibility index (Phi) is 19.3. The Balaban J connectivity index is 0.960. The van der Waals surface area contributed by atoms with Crippen LogP contribution in [0.25, 0.3) is 11.1 Å². The second kappa shape index (κ2) is 26.1. The molecule has 0 N–H and O–H groups in total. The number of hydrogen-bond donors (Lipinski definition) is 0. The number of unbranched alkanes of at least 4 members (excludes halogenated alkanes) is 2. The number of esters is 4. The number of methoxy groups -OCH3 is 1. The van der Waals surface area contributed by atoms with Gasteiger partial charge < -0.3 is 33.2 Å². The molecule has 0 radical (unpaired) electrons. The molecule has 0 amide bonds. The van der Waals surface area contributed by atoms with E-state index in [1.165, 1.54) is 67.8 Å². The van der Waals surface area contributed by atoms with Gasteiger partial charge in [-0.15, -0.1) is 0 Å². The van der Waals surface area contributed by atoms with Crippen molar-refractivity contribution in [2.24, 2.45) is 11.8 Å². The van der Waals surface area contributed by atoms with E-state index in [4.69, 9.17) is 33.2 Å². The Morgan fingerprint density at radius 3 is 1.23 bits per heavy atom. The number of carbonyl (C=O) groups is 5. The predicted octanol–water partition coefficient (Wildman–Crippen LogP) is 13.2. The van der Waals surface area contributed by atoms with E-state index < -0.39 is 23.9 Å². The smallest absolute Gasteiger partial charge is 0.347 e. The third kappa shape index (κ3) is 14.6. The number of aldehydes is 1. The minimum absolute atomic E-state index is 0.0949. The number of carbonyl (C=O) groups excluding carboxylic acids is 5. The van der Waals surface area contributed by atoms with Crippen molar-refractivity contribution in [3.05, 3.63) is 161 Å². The molecule has 6 aromatic carbocycles. The number of benzene rings is 6. The Hall–Kier alpha value is -7.73. The SMILES string of the molecule is CCCCC(CC)COc1ccc(C(=O)Oc2ccc(C(=O)Oc3ccc(-c4ccc(OC(=O)c5ccc(OC(=O)c6ccc(OCC(CC)CCCC)cc6OC)cc5)cc4)cc3)cc2)c(C=O)c1. The molecule has 6 aromatic rings. The highest BCUT2D eigenvalue weighted by Gasteiger charge is 2.20. The maximum atomic E-state index is 13.1. The number of ether oxygens (including phenoxy) is 7. The van der Waals surface area contributed by atoms with Crippen LogP contribution in [0.3, 0.4) is 0 Å². The summed E-state index contributed by atoms with van der Waals surface area (Å²) in [4.78, 5) is 64.0. The van der Waals surface area contributed by atoms with Crippen molar-refractivity contribution in [3.8, 4) is 51.4 Å². The van der Waals surface area contributed by atoms with Crippen LogP contribution < -0.4 is 33.2 Å². The van der Waals surface area contributed by atoms with Crippen LogP contribution in [0, 0.1) is 11.8 Å². The van der Waals surface area contributed by atoms with Gasteiger partial charge in [0.15, 0.2) is 6.29 Å². The summed E-state index contributed by atoms with van der Waals surface area (Å²) in [6.07, 6.45) is 9.32. The summed E-state index contributed by atoms with van der Waals surface area (Å²) in [5.41, 5.74) is 2.62. The zero-order valence-electron chi connectivity index (χ0n) is 40.4. The molecule has 12 heteroatoms. The summed E-state index contributed by atoms with van der Waals surface area (Å²) in [5, 5.41) is 0. The molecular weight excluding hydrogens is 889 g/mol. The van der Waals surface area contributed by atoms with Crippen molar-refractivity contribution in [3.63, 3.8) is 0 Å². The van der Waals surface area contributed by atoms with E-state index in [0.29, 0.717) is 60.1 Å². The molecule has 0 saturated heterocycles. The summed E-state index contributed by atoms with van der Waals surface area (Å²) < 4.78 is 39.7. The Morgan fingerprint density at radius 1 is 0.457 bits per heavy atom. The molecule has 6 rings (SSSR count). The molecule has 364 valence electrons. The largest absolute Gasteiger partial charge is 0.496 e. The molecule has 70 heavy (non-hydrogen) atoms. The Labute approximate surface area is 409 Å². The van der Waals surface area contributed by atoms with Crippen molar-refractivity contribution in [2.45, 2.75) is 79.1 Å². The van der Waals surface area contributed by atoms with E-state index in [0.717, 1.165) is 62.5 Å². The van der Waals surface area contributed by atoms with Crippen molar-refractivity contribution >= 4 is 30.2 Å². The molecule has 12 nitrogen and oxygen atoms in total. The van der Waals surface area contributed by atoms with Crippen LogP contribution >= 0.6 is 0 Å². The summed E-state index contributed by atoms with van der Waals surface area (Å²) in [5.74, 6) is 0.833. The Bertz CT molecular complexity index is 2670. The molecule has 2 unspecified atom stereocenters. The summed E-state index contributed by atoms with van der Waals surface area (Å²) in [6, 6.07) is 35.5. The fourth-order valence-corrected chi connectivity index (χ4v) is 7.47. The molecule has 0 fully saturated rings. The fourth-order valence-electron chi connectivity index (χ4n) is 7.47. The summed E-state index contributed by atoms with van der Waals surface area (Å²) in [7, 11) is 1.48. The van der Waals surface area contributed by atoms with Crippen molar-refractivity contribution in [2.75, 3.05) is 20.3 Å². The van der Waals surface area contributed by atoms with Gasteiger partial charge in [-0.25, -0.2) is 19.2 Å². The quantitative estimate of drug-likeness (QED) is 0.0305. The van der Waals surface area contributed by atoms with Crippen LogP contribution in [-0.2, 0) is 0 Å². The van der Waals surface area contributed by atoms with Crippen LogP contribution in [0.15, 0.2) is 133 Å². The van der Waals surface area contributed by atoms with E-state index in [9.17, 15) is 24.0 Å². The lowest BCUT2D eigenvalue weighted by Gasteiger charge is -2.16. The lowest BCUT2D eigenvalue weighted by molar-refractivity contribution is 0.0718. The third-order valence-electron chi connectivity index (χ3n) is 11.9. The molecule has 0 aliphatic heterocycles. The fraction of sp³-hybridized carbons (Fsp3) is 0.293. The van der Waals surface area contributed by atoms with Gasteiger partial charge in [-0.1, -0.05) is 90.5 Å². The first-order valence-electron chi connectivity index (χ1n) is 23.9. The molecule has 0 aliphatic rings. The maximum absolute atomic E-state index is 13.1. The van der Waals surface area contributed by atoms with E-state index in [-0.39, 0.29) is 39.3 Å². The van der Waals surface area contributed by atoms with Crippen LogP contribution in [-0.4, -0.2) is 50.5 Å². The van der Waals surface area contributed by atoms with Gasteiger partial charge in [-0.2, -0.15) is 0 Å². The van der Waals surface area contributed by atoms with Crippen LogP contribution in [0.4, 0.5) is 0 Å².